The Morgan fingerprint density at radius 1 is 1.21 bits per heavy atom. The molecular formula is C18H30N2O2SSi. The van der Waals surface area contributed by atoms with E-state index >= 15 is 0 Å². The van der Waals surface area contributed by atoms with Crippen molar-refractivity contribution in [2.75, 3.05) is 6.17 Å². The fourth-order valence-electron chi connectivity index (χ4n) is 1.94. The molecule has 0 fully saturated rings. The number of ether oxygens (including phenoxy) is 1. The molecule has 0 aliphatic heterocycles. The zero-order valence-electron chi connectivity index (χ0n) is 15.8. The fraction of sp³-hybridized carbons (Fsp3) is 0.556. The Kier molecular flexibility index (Phi) is 6.98. The maximum absolute atomic E-state index is 11.8. The molecule has 2 N–H and O–H groups in total. The van der Waals surface area contributed by atoms with Gasteiger partial charge >= 0.3 is 6.09 Å². The van der Waals surface area contributed by atoms with Gasteiger partial charge in [-0.15, -0.1) is 0 Å². The molecule has 1 atom stereocenters. The average Bonchev–Trinajstić information content (AvgIpc) is 2.42. The van der Waals surface area contributed by atoms with Crippen LogP contribution in [0.5, 0.6) is 0 Å². The van der Waals surface area contributed by atoms with Gasteiger partial charge in [-0.2, -0.15) is 0 Å². The van der Waals surface area contributed by atoms with Gasteiger partial charge in [0.05, 0.1) is 14.1 Å². The van der Waals surface area contributed by atoms with E-state index in [0.29, 0.717) is 0 Å². The first-order valence-electron chi connectivity index (χ1n) is 8.25. The molecule has 1 unspecified atom stereocenters. The molecule has 0 aromatic heterocycles. The molecule has 0 aliphatic rings. The number of alkyl carbamates (subject to hydrolysis) is 1. The average molecular weight is 367 g/mol. The van der Waals surface area contributed by atoms with Crippen LogP contribution in [0.25, 0.3) is 0 Å². The normalized spacial score (nSPS) is 13.1. The first-order chi connectivity index (χ1) is 10.9. The monoisotopic (exact) mass is 366 g/mol. The van der Waals surface area contributed by atoms with Crippen molar-refractivity contribution in [2.24, 2.45) is 0 Å². The molecule has 0 heterocycles. The second-order valence-electron chi connectivity index (χ2n) is 8.23. The highest BCUT2D eigenvalue weighted by Gasteiger charge is 2.18. The Hall–Kier alpha value is -1.40. The molecule has 24 heavy (non-hydrogen) atoms. The minimum Gasteiger partial charge on any atom is -0.444 e. The highest BCUT2D eigenvalue weighted by molar-refractivity contribution is 7.80. The van der Waals surface area contributed by atoms with Gasteiger partial charge in [-0.05, 0) is 33.3 Å². The number of hydrogen-bond donors (Lipinski definition) is 2. The highest BCUT2D eigenvalue weighted by atomic mass is 32.1. The van der Waals surface area contributed by atoms with E-state index in [1.54, 1.807) is 0 Å². The summed E-state index contributed by atoms with van der Waals surface area (Å²) in [4.78, 5) is 12.6. The Bertz CT molecular complexity index is 574. The quantitative estimate of drug-likeness (QED) is 0.598. The molecule has 1 rings (SSSR count). The van der Waals surface area contributed by atoms with Gasteiger partial charge in [-0.1, -0.05) is 56.1 Å². The Balaban J connectivity index is 2.63. The van der Waals surface area contributed by atoms with Crippen molar-refractivity contribution in [1.29, 1.82) is 0 Å². The Labute approximate surface area is 152 Å². The molecule has 0 saturated carbocycles. The van der Waals surface area contributed by atoms with Crippen molar-refractivity contribution in [3.05, 3.63) is 35.4 Å². The highest BCUT2D eigenvalue weighted by Crippen LogP contribution is 2.15. The SMILES string of the molecule is CC(NC(=O)OC(C)(C)C)c1ccc(C(=S)NC[Si](C)(C)C)cc1. The summed E-state index contributed by atoms with van der Waals surface area (Å²) in [5, 5.41) is 6.19. The summed E-state index contributed by atoms with van der Waals surface area (Å²) in [6.07, 6.45) is 0.552. The fourth-order valence-corrected chi connectivity index (χ4v) is 2.98. The number of nitrogens with one attached hydrogen (secondary N) is 2. The van der Waals surface area contributed by atoms with Gasteiger partial charge in [0, 0.05) is 11.7 Å². The largest absolute Gasteiger partial charge is 0.444 e. The number of thiocarbonyl (C=S) groups is 1. The maximum Gasteiger partial charge on any atom is 0.408 e. The summed E-state index contributed by atoms with van der Waals surface area (Å²) in [5.74, 6) is 0. The van der Waals surface area contributed by atoms with Crippen LogP contribution in [0.2, 0.25) is 19.6 Å². The van der Waals surface area contributed by atoms with Crippen LogP contribution in [0.4, 0.5) is 4.79 Å². The van der Waals surface area contributed by atoms with Crippen LogP contribution >= 0.6 is 12.2 Å². The summed E-state index contributed by atoms with van der Waals surface area (Å²) < 4.78 is 5.28. The van der Waals surface area contributed by atoms with Crippen molar-refractivity contribution in [1.82, 2.24) is 10.6 Å². The van der Waals surface area contributed by atoms with Crippen LogP contribution in [0, 0.1) is 0 Å². The van der Waals surface area contributed by atoms with Crippen molar-refractivity contribution in [2.45, 2.75) is 59.0 Å². The third kappa shape index (κ3) is 7.92. The van der Waals surface area contributed by atoms with Crippen LogP contribution in [-0.2, 0) is 4.74 Å². The molecule has 0 saturated heterocycles. The summed E-state index contributed by atoms with van der Waals surface area (Å²) in [7, 11) is -1.18. The standard InChI is InChI=1S/C18H30N2O2SSi/c1-13(20-17(21)22-18(2,3)4)14-8-10-15(11-9-14)16(23)19-12-24(5,6)7/h8-11,13H,12H2,1-7H3,(H,19,23)(H,20,21). The number of rotatable bonds is 5. The molecular weight excluding hydrogens is 336 g/mol. The molecule has 0 radical (unpaired) electrons. The van der Waals surface area contributed by atoms with E-state index < -0.39 is 19.8 Å². The van der Waals surface area contributed by atoms with E-state index in [-0.39, 0.29) is 6.04 Å². The van der Waals surface area contributed by atoms with Gasteiger partial charge in [0.25, 0.3) is 0 Å². The van der Waals surface area contributed by atoms with E-state index in [2.05, 4.69) is 30.3 Å². The molecule has 1 aromatic rings. The smallest absolute Gasteiger partial charge is 0.408 e. The van der Waals surface area contributed by atoms with Crippen LogP contribution in [0.1, 0.15) is 44.9 Å². The lowest BCUT2D eigenvalue weighted by atomic mass is 10.1. The second-order valence-corrected chi connectivity index (χ2v) is 14.1. The van der Waals surface area contributed by atoms with Gasteiger partial charge < -0.3 is 15.4 Å². The lowest BCUT2D eigenvalue weighted by Crippen LogP contribution is -2.39. The van der Waals surface area contributed by atoms with E-state index in [4.69, 9.17) is 17.0 Å². The van der Waals surface area contributed by atoms with Crippen molar-refractivity contribution >= 4 is 31.4 Å². The summed E-state index contributed by atoms with van der Waals surface area (Å²) in [6, 6.07) is 7.82. The van der Waals surface area contributed by atoms with E-state index in [1.807, 2.05) is 52.0 Å². The topological polar surface area (TPSA) is 50.4 Å². The van der Waals surface area contributed by atoms with Crippen LogP contribution in [0.15, 0.2) is 24.3 Å². The first kappa shape index (κ1) is 20.6. The number of carbonyl (C=O) groups excluding carboxylic acids is 1. The summed E-state index contributed by atoms with van der Waals surface area (Å²) in [6.45, 7) is 14.4. The van der Waals surface area contributed by atoms with Gasteiger partial charge in [-0.25, -0.2) is 4.79 Å². The van der Waals surface area contributed by atoms with Crippen molar-refractivity contribution < 1.29 is 9.53 Å². The lowest BCUT2D eigenvalue weighted by Gasteiger charge is -2.22. The predicted octanol–water partition coefficient (Wildman–Crippen LogP) is 4.41. The molecule has 4 nitrogen and oxygen atoms in total. The minimum atomic E-state index is -1.18. The summed E-state index contributed by atoms with van der Waals surface area (Å²) in [5.41, 5.74) is 1.51. The molecule has 6 heteroatoms. The molecule has 134 valence electrons. The number of carbonyl (C=O) groups is 1. The van der Waals surface area contributed by atoms with Crippen LogP contribution in [0.3, 0.4) is 0 Å². The van der Waals surface area contributed by atoms with Gasteiger partial charge in [0.2, 0.25) is 0 Å². The van der Waals surface area contributed by atoms with Gasteiger partial charge in [0.15, 0.2) is 0 Å². The van der Waals surface area contributed by atoms with E-state index in [1.165, 1.54) is 0 Å². The van der Waals surface area contributed by atoms with Crippen molar-refractivity contribution in [3.8, 4) is 0 Å². The lowest BCUT2D eigenvalue weighted by molar-refractivity contribution is 0.0508. The third-order valence-corrected chi connectivity index (χ3v) is 4.80. The number of benzene rings is 1. The molecule has 1 amide bonds. The Morgan fingerprint density at radius 3 is 2.21 bits per heavy atom. The second kappa shape index (κ2) is 8.12. The zero-order chi connectivity index (χ0) is 18.5. The maximum atomic E-state index is 11.8. The molecule has 0 spiro atoms. The van der Waals surface area contributed by atoms with E-state index in [0.717, 1.165) is 22.3 Å². The first-order valence-corrected chi connectivity index (χ1v) is 12.4. The van der Waals surface area contributed by atoms with Crippen LogP contribution in [-0.4, -0.2) is 30.9 Å². The predicted molar refractivity (Wildman–Crippen MR) is 107 cm³/mol. The van der Waals surface area contributed by atoms with E-state index in [9.17, 15) is 4.79 Å². The van der Waals surface area contributed by atoms with Gasteiger partial charge in [0.1, 0.15) is 10.6 Å². The van der Waals surface area contributed by atoms with Gasteiger partial charge in [-0.3, -0.25) is 0 Å². The number of amides is 1. The molecule has 1 aromatic carbocycles. The zero-order valence-corrected chi connectivity index (χ0v) is 17.6. The molecule has 0 bridgehead atoms. The Morgan fingerprint density at radius 2 is 1.75 bits per heavy atom. The van der Waals surface area contributed by atoms with Crippen molar-refractivity contribution in [3.63, 3.8) is 0 Å². The third-order valence-electron chi connectivity index (χ3n) is 3.19. The number of hydrogen-bond acceptors (Lipinski definition) is 3. The van der Waals surface area contributed by atoms with Crippen LogP contribution < -0.4 is 10.6 Å². The molecule has 0 aliphatic carbocycles. The summed E-state index contributed by atoms with van der Waals surface area (Å²) >= 11 is 5.45. The minimum absolute atomic E-state index is 0.127.